The second-order valence-electron chi connectivity index (χ2n) is 7.27. The third-order valence-electron chi connectivity index (χ3n) is 5.00. The molecule has 4 atom stereocenters. The first-order valence-corrected chi connectivity index (χ1v) is 8.59. The average Bonchev–Trinajstić information content (AvgIpc) is 2.49. The highest BCUT2D eigenvalue weighted by atomic mass is 16.5. The Morgan fingerprint density at radius 1 is 1.26 bits per heavy atom. The van der Waals surface area contributed by atoms with Crippen molar-refractivity contribution < 1.29 is 9.53 Å². The van der Waals surface area contributed by atoms with Crippen LogP contribution in [-0.4, -0.2) is 12.1 Å². The molecule has 1 aromatic carbocycles. The topological polar surface area (TPSA) is 50.1 Å². The Balaban J connectivity index is 2.11. The van der Waals surface area contributed by atoms with Crippen LogP contribution < -0.4 is 0 Å². The van der Waals surface area contributed by atoms with Crippen molar-refractivity contribution in [2.45, 2.75) is 59.0 Å². The summed E-state index contributed by atoms with van der Waals surface area (Å²) in [5, 5.41) is 9.42. The molecule has 3 nitrogen and oxygen atoms in total. The number of rotatable bonds is 4. The third kappa shape index (κ3) is 4.34. The van der Waals surface area contributed by atoms with Crippen LogP contribution >= 0.6 is 0 Å². The van der Waals surface area contributed by atoms with E-state index in [9.17, 15) is 10.1 Å². The monoisotopic (exact) mass is 313 g/mol. The quantitative estimate of drug-likeness (QED) is 0.763. The molecule has 0 saturated heterocycles. The second kappa shape index (κ2) is 7.64. The van der Waals surface area contributed by atoms with Crippen LogP contribution in [0.15, 0.2) is 24.3 Å². The van der Waals surface area contributed by atoms with Gasteiger partial charge in [0.15, 0.2) is 5.92 Å². The molecule has 0 N–H and O–H groups in total. The number of hydrogen-bond acceptors (Lipinski definition) is 3. The summed E-state index contributed by atoms with van der Waals surface area (Å²) >= 11 is 0. The molecule has 1 aromatic rings. The van der Waals surface area contributed by atoms with Crippen LogP contribution in [-0.2, 0) is 9.53 Å². The van der Waals surface area contributed by atoms with Gasteiger partial charge in [0.05, 0.1) is 6.07 Å². The SMILES string of the molecule is Cc1ccc(C(C#N)C(=O)O[C@@H]2C[C@H](C)CC[C@H]2C(C)C)cc1. The first kappa shape index (κ1) is 17.5. The van der Waals surface area contributed by atoms with Gasteiger partial charge in [-0.1, -0.05) is 57.0 Å². The summed E-state index contributed by atoms with van der Waals surface area (Å²) < 4.78 is 5.81. The zero-order valence-electron chi connectivity index (χ0n) is 14.6. The number of hydrogen-bond donors (Lipinski definition) is 0. The summed E-state index contributed by atoms with van der Waals surface area (Å²) in [4.78, 5) is 12.6. The highest BCUT2D eigenvalue weighted by molar-refractivity contribution is 5.81. The number of benzene rings is 1. The molecule has 0 aromatic heterocycles. The van der Waals surface area contributed by atoms with E-state index >= 15 is 0 Å². The zero-order valence-corrected chi connectivity index (χ0v) is 14.6. The largest absolute Gasteiger partial charge is 0.461 e. The molecular weight excluding hydrogens is 286 g/mol. The molecule has 0 bridgehead atoms. The predicted octanol–water partition coefficient (Wildman–Crippen LogP) is 4.61. The average molecular weight is 313 g/mol. The molecule has 1 fully saturated rings. The predicted molar refractivity (Wildman–Crippen MR) is 90.8 cm³/mol. The Morgan fingerprint density at radius 2 is 1.91 bits per heavy atom. The smallest absolute Gasteiger partial charge is 0.328 e. The maximum atomic E-state index is 12.6. The number of esters is 1. The molecule has 2 rings (SSSR count). The zero-order chi connectivity index (χ0) is 17.0. The van der Waals surface area contributed by atoms with Crippen molar-refractivity contribution in [3.63, 3.8) is 0 Å². The Kier molecular flexibility index (Phi) is 5.82. The normalized spacial score (nSPS) is 25.7. The fourth-order valence-electron chi connectivity index (χ4n) is 3.49. The summed E-state index contributed by atoms with van der Waals surface area (Å²) in [6.07, 6.45) is 3.13. The van der Waals surface area contributed by atoms with E-state index in [0.29, 0.717) is 23.3 Å². The molecule has 23 heavy (non-hydrogen) atoms. The minimum absolute atomic E-state index is 0.0625. The lowest BCUT2D eigenvalue weighted by Crippen LogP contribution is -2.36. The van der Waals surface area contributed by atoms with E-state index in [2.05, 4.69) is 26.8 Å². The standard InChI is InChI=1S/C20H27NO2/c1-13(2)17-10-7-15(4)11-19(17)23-20(22)18(12-21)16-8-5-14(3)6-9-16/h5-6,8-9,13,15,17-19H,7,10-11H2,1-4H3/t15-,17+,18?,19-/m1/s1. The highest BCUT2D eigenvalue weighted by Crippen LogP contribution is 2.36. The molecule has 3 heteroatoms. The highest BCUT2D eigenvalue weighted by Gasteiger charge is 2.35. The second-order valence-corrected chi connectivity index (χ2v) is 7.27. The van der Waals surface area contributed by atoms with Crippen molar-refractivity contribution in [2.24, 2.45) is 17.8 Å². The molecule has 0 aliphatic heterocycles. The molecule has 1 saturated carbocycles. The van der Waals surface area contributed by atoms with Crippen LogP contribution in [0.2, 0.25) is 0 Å². The molecule has 0 spiro atoms. The molecule has 0 amide bonds. The fourth-order valence-corrected chi connectivity index (χ4v) is 3.49. The first-order valence-electron chi connectivity index (χ1n) is 8.59. The number of carbonyl (C=O) groups excluding carboxylic acids is 1. The number of nitrogens with zero attached hydrogens (tertiary/aromatic N) is 1. The van der Waals surface area contributed by atoms with Gasteiger partial charge in [-0.25, -0.2) is 0 Å². The summed E-state index contributed by atoms with van der Waals surface area (Å²) in [5.41, 5.74) is 1.83. The van der Waals surface area contributed by atoms with E-state index in [4.69, 9.17) is 4.74 Å². The van der Waals surface area contributed by atoms with Gasteiger partial charge in [0.25, 0.3) is 0 Å². The van der Waals surface area contributed by atoms with Crippen LogP contribution in [0, 0.1) is 36.0 Å². The van der Waals surface area contributed by atoms with E-state index < -0.39 is 11.9 Å². The van der Waals surface area contributed by atoms with Crippen molar-refractivity contribution in [3.8, 4) is 6.07 Å². The molecule has 1 aliphatic carbocycles. The van der Waals surface area contributed by atoms with Crippen LogP contribution in [0.25, 0.3) is 0 Å². The van der Waals surface area contributed by atoms with Gasteiger partial charge in [0.1, 0.15) is 6.10 Å². The molecule has 1 aliphatic rings. The van der Waals surface area contributed by atoms with Crippen molar-refractivity contribution in [2.75, 3.05) is 0 Å². The molecule has 1 unspecified atom stereocenters. The van der Waals surface area contributed by atoms with Crippen molar-refractivity contribution in [1.82, 2.24) is 0 Å². The number of nitriles is 1. The van der Waals surface area contributed by atoms with Gasteiger partial charge in [-0.2, -0.15) is 5.26 Å². The Bertz CT molecular complexity index is 570. The van der Waals surface area contributed by atoms with E-state index in [-0.39, 0.29) is 6.10 Å². The van der Waals surface area contributed by atoms with E-state index in [1.54, 1.807) is 0 Å². The van der Waals surface area contributed by atoms with Crippen LogP contribution in [0.5, 0.6) is 0 Å². The maximum Gasteiger partial charge on any atom is 0.328 e. The van der Waals surface area contributed by atoms with Gasteiger partial charge in [-0.05, 0) is 43.1 Å². The summed E-state index contributed by atoms with van der Waals surface area (Å²) in [5.74, 6) is 0.220. The van der Waals surface area contributed by atoms with Crippen molar-refractivity contribution in [1.29, 1.82) is 5.26 Å². The lowest BCUT2D eigenvalue weighted by Gasteiger charge is -2.37. The minimum Gasteiger partial charge on any atom is -0.461 e. The molecule has 0 heterocycles. The summed E-state index contributed by atoms with van der Waals surface area (Å²) in [6.45, 7) is 8.56. The first-order chi connectivity index (χ1) is 10.9. The summed E-state index contributed by atoms with van der Waals surface area (Å²) in [7, 11) is 0. The van der Waals surface area contributed by atoms with E-state index in [1.807, 2.05) is 31.2 Å². The van der Waals surface area contributed by atoms with Crippen LogP contribution in [0.1, 0.15) is 57.1 Å². The summed E-state index contributed by atoms with van der Waals surface area (Å²) in [6, 6.07) is 9.64. The Morgan fingerprint density at radius 3 is 2.48 bits per heavy atom. The number of ether oxygens (including phenoxy) is 1. The van der Waals surface area contributed by atoms with Crippen molar-refractivity contribution >= 4 is 5.97 Å². The van der Waals surface area contributed by atoms with Crippen LogP contribution in [0.3, 0.4) is 0 Å². The lowest BCUT2D eigenvalue weighted by molar-refractivity contribution is -0.156. The number of carbonyl (C=O) groups is 1. The van der Waals surface area contributed by atoms with E-state index in [0.717, 1.165) is 18.4 Å². The molecule has 0 radical (unpaired) electrons. The number of aryl methyl sites for hydroxylation is 1. The van der Waals surface area contributed by atoms with Gasteiger partial charge < -0.3 is 4.74 Å². The van der Waals surface area contributed by atoms with Crippen LogP contribution in [0.4, 0.5) is 0 Å². The Labute approximate surface area is 139 Å². The molecular formula is C20H27NO2. The lowest BCUT2D eigenvalue weighted by atomic mass is 9.75. The molecule has 124 valence electrons. The maximum absolute atomic E-state index is 12.6. The fraction of sp³-hybridized carbons (Fsp3) is 0.600. The van der Waals surface area contributed by atoms with Gasteiger partial charge >= 0.3 is 5.97 Å². The van der Waals surface area contributed by atoms with E-state index in [1.165, 1.54) is 6.42 Å². The Hall–Kier alpha value is -1.82. The van der Waals surface area contributed by atoms with Gasteiger partial charge in [-0.15, -0.1) is 0 Å². The van der Waals surface area contributed by atoms with Gasteiger partial charge in [0.2, 0.25) is 0 Å². The van der Waals surface area contributed by atoms with Crippen molar-refractivity contribution in [3.05, 3.63) is 35.4 Å². The van der Waals surface area contributed by atoms with Gasteiger partial charge in [-0.3, -0.25) is 4.79 Å². The third-order valence-corrected chi connectivity index (χ3v) is 5.00. The minimum atomic E-state index is -0.833. The van der Waals surface area contributed by atoms with Gasteiger partial charge in [0, 0.05) is 0 Å².